The van der Waals surface area contributed by atoms with E-state index in [-0.39, 0.29) is 22.4 Å². The van der Waals surface area contributed by atoms with Crippen molar-refractivity contribution < 1.29 is 18.6 Å². The maximum absolute atomic E-state index is 6.22. The lowest BCUT2D eigenvalue weighted by atomic mass is 9.65. The van der Waals surface area contributed by atoms with E-state index in [1.165, 1.54) is 0 Å². The van der Waals surface area contributed by atoms with Crippen molar-refractivity contribution in [1.82, 2.24) is 0 Å². The lowest BCUT2D eigenvalue weighted by Gasteiger charge is -2.32. The molecule has 0 spiro atoms. The van der Waals surface area contributed by atoms with Crippen LogP contribution in [0, 0.1) is 0 Å². The number of hydrogen-bond donors (Lipinski definition) is 0. The van der Waals surface area contributed by atoms with Gasteiger partial charge in [0.25, 0.3) is 0 Å². The Balaban J connectivity index is 1.94. The molecule has 6 heteroatoms. The number of benzene rings is 1. The summed E-state index contributed by atoms with van der Waals surface area (Å²) >= 11 is 0. The largest absolute Gasteiger partial charge is 0.494 e. The lowest BCUT2D eigenvalue weighted by Crippen LogP contribution is -2.51. The third-order valence-electron chi connectivity index (χ3n) is 6.01. The number of rotatable bonds is 2. The van der Waals surface area contributed by atoms with E-state index in [0.717, 1.165) is 10.9 Å². The molecule has 4 nitrogen and oxygen atoms in total. The fourth-order valence-electron chi connectivity index (χ4n) is 2.88. The van der Waals surface area contributed by atoms with Gasteiger partial charge in [-0.2, -0.15) is 0 Å². The highest BCUT2D eigenvalue weighted by molar-refractivity contribution is 6.74. The molecular formula is C18H28B2O4. The molecule has 2 saturated heterocycles. The summed E-state index contributed by atoms with van der Waals surface area (Å²) in [4.78, 5) is 0. The van der Waals surface area contributed by atoms with Crippen LogP contribution >= 0.6 is 0 Å². The first-order chi connectivity index (χ1) is 10.9. The summed E-state index contributed by atoms with van der Waals surface area (Å²) in [6, 6.07) is 8.05. The normalized spacial score (nSPS) is 26.8. The number of hydrogen-bond acceptors (Lipinski definition) is 4. The van der Waals surface area contributed by atoms with Crippen LogP contribution < -0.4 is 10.9 Å². The molecule has 0 N–H and O–H groups in total. The molecule has 0 atom stereocenters. The van der Waals surface area contributed by atoms with Crippen LogP contribution in [0.5, 0.6) is 0 Å². The van der Waals surface area contributed by atoms with Crippen molar-refractivity contribution in [3.05, 3.63) is 24.3 Å². The zero-order chi connectivity index (χ0) is 18.0. The van der Waals surface area contributed by atoms with E-state index < -0.39 is 14.2 Å². The van der Waals surface area contributed by atoms with Crippen LogP contribution in [0.1, 0.15) is 55.4 Å². The summed E-state index contributed by atoms with van der Waals surface area (Å²) in [5.74, 6) is 0. The molecule has 2 aliphatic rings. The van der Waals surface area contributed by atoms with E-state index in [2.05, 4.69) is 55.4 Å². The van der Waals surface area contributed by atoms with Gasteiger partial charge in [0, 0.05) is 0 Å². The van der Waals surface area contributed by atoms with Crippen molar-refractivity contribution in [2.45, 2.75) is 77.8 Å². The summed E-state index contributed by atoms with van der Waals surface area (Å²) in [5, 5.41) is 0. The third kappa shape index (κ3) is 2.74. The smallest absolute Gasteiger partial charge is 0.399 e. The molecule has 3 rings (SSSR count). The minimum absolute atomic E-state index is 0.374. The molecule has 0 amide bonds. The van der Waals surface area contributed by atoms with Crippen molar-refractivity contribution >= 4 is 25.2 Å². The molecule has 130 valence electrons. The fraction of sp³-hybridized carbons (Fsp3) is 0.667. The summed E-state index contributed by atoms with van der Waals surface area (Å²) in [6.45, 7) is 16.5. The van der Waals surface area contributed by atoms with Crippen molar-refractivity contribution in [2.75, 3.05) is 0 Å². The van der Waals surface area contributed by atoms with Gasteiger partial charge in [0.05, 0.1) is 22.4 Å². The van der Waals surface area contributed by atoms with Crippen molar-refractivity contribution in [1.29, 1.82) is 0 Å². The minimum atomic E-state index is -0.426. The van der Waals surface area contributed by atoms with Crippen LogP contribution in [0.25, 0.3) is 0 Å². The average Bonchev–Trinajstić information content (AvgIpc) is 2.79. The van der Waals surface area contributed by atoms with Crippen molar-refractivity contribution in [2.24, 2.45) is 0 Å². The highest BCUT2D eigenvalue weighted by Gasteiger charge is 2.55. The Morgan fingerprint density at radius 2 is 0.792 bits per heavy atom. The molecule has 2 heterocycles. The highest BCUT2D eigenvalue weighted by atomic mass is 16.7. The van der Waals surface area contributed by atoms with E-state index in [4.69, 9.17) is 18.6 Å². The second-order valence-corrected chi connectivity index (χ2v) is 8.81. The van der Waals surface area contributed by atoms with Crippen molar-refractivity contribution in [3.63, 3.8) is 0 Å². The van der Waals surface area contributed by atoms with E-state index in [1.54, 1.807) is 0 Å². The van der Waals surface area contributed by atoms with Crippen LogP contribution in [-0.2, 0) is 18.6 Å². The predicted molar refractivity (Wildman–Crippen MR) is 97.9 cm³/mol. The molecule has 1 aromatic rings. The maximum Gasteiger partial charge on any atom is 0.494 e. The van der Waals surface area contributed by atoms with Gasteiger partial charge in [-0.3, -0.25) is 0 Å². The van der Waals surface area contributed by atoms with Crippen LogP contribution in [0.3, 0.4) is 0 Å². The standard InChI is InChI=1S/C18H28B2O4/c1-15(2)16(3,4)22-19(21-15)13-11-9-10-12-14(13)20-23-17(5,6)18(7,8)24-20/h9-12H,1-8H3. The van der Waals surface area contributed by atoms with Gasteiger partial charge in [-0.15, -0.1) is 0 Å². The molecule has 0 aliphatic carbocycles. The second kappa shape index (κ2) is 5.34. The van der Waals surface area contributed by atoms with E-state index in [0.29, 0.717) is 0 Å². The zero-order valence-corrected chi connectivity index (χ0v) is 16.1. The van der Waals surface area contributed by atoms with Gasteiger partial charge >= 0.3 is 14.2 Å². The van der Waals surface area contributed by atoms with E-state index in [9.17, 15) is 0 Å². The molecule has 0 bridgehead atoms. The average molecular weight is 330 g/mol. The first kappa shape index (κ1) is 18.0. The van der Waals surface area contributed by atoms with Gasteiger partial charge in [-0.25, -0.2) is 0 Å². The monoisotopic (exact) mass is 330 g/mol. The SMILES string of the molecule is CC1(C)OB(c2ccccc2B2OC(C)(C)C(C)(C)O2)OC1(C)C. The third-order valence-corrected chi connectivity index (χ3v) is 6.01. The van der Waals surface area contributed by atoms with E-state index in [1.807, 2.05) is 24.3 Å². The Kier molecular flexibility index (Phi) is 4.00. The second-order valence-electron chi connectivity index (χ2n) is 8.81. The topological polar surface area (TPSA) is 36.9 Å². The van der Waals surface area contributed by atoms with Gasteiger partial charge in [0.2, 0.25) is 0 Å². The summed E-state index contributed by atoms with van der Waals surface area (Å²) in [6.07, 6.45) is 0. The highest BCUT2D eigenvalue weighted by Crippen LogP contribution is 2.38. The lowest BCUT2D eigenvalue weighted by molar-refractivity contribution is 0.00578. The van der Waals surface area contributed by atoms with Gasteiger partial charge < -0.3 is 18.6 Å². The summed E-state index contributed by atoms with van der Waals surface area (Å²) < 4.78 is 24.9. The zero-order valence-electron chi connectivity index (χ0n) is 16.1. The Morgan fingerprint density at radius 3 is 1.04 bits per heavy atom. The molecule has 0 saturated carbocycles. The first-order valence-electron chi connectivity index (χ1n) is 8.66. The quantitative estimate of drug-likeness (QED) is 0.780. The molecule has 0 unspecified atom stereocenters. The van der Waals surface area contributed by atoms with Crippen LogP contribution in [-0.4, -0.2) is 36.6 Å². The van der Waals surface area contributed by atoms with Gasteiger partial charge in [0.1, 0.15) is 0 Å². The Hall–Kier alpha value is -0.810. The van der Waals surface area contributed by atoms with Gasteiger partial charge in [-0.1, -0.05) is 24.3 Å². The Bertz CT molecular complexity index is 553. The van der Waals surface area contributed by atoms with Gasteiger partial charge in [0.15, 0.2) is 0 Å². The minimum Gasteiger partial charge on any atom is -0.399 e. The van der Waals surface area contributed by atoms with Crippen LogP contribution in [0.15, 0.2) is 24.3 Å². The molecule has 0 aromatic heterocycles. The van der Waals surface area contributed by atoms with Crippen LogP contribution in [0.4, 0.5) is 0 Å². The molecule has 0 radical (unpaired) electrons. The summed E-state index contributed by atoms with van der Waals surface area (Å²) in [5.41, 5.74) is 0.437. The Morgan fingerprint density at radius 1 is 0.542 bits per heavy atom. The molecule has 2 aliphatic heterocycles. The maximum atomic E-state index is 6.22. The predicted octanol–water partition coefficient (Wildman–Crippen LogP) is 2.29. The Labute approximate surface area is 146 Å². The first-order valence-corrected chi connectivity index (χ1v) is 8.66. The van der Waals surface area contributed by atoms with Crippen molar-refractivity contribution in [3.8, 4) is 0 Å². The van der Waals surface area contributed by atoms with E-state index >= 15 is 0 Å². The fourth-order valence-corrected chi connectivity index (χ4v) is 2.88. The molecule has 2 fully saturated rings. The molecular weight excluding hydrogens is 302 g/mol. The molecule has 24 heavy (non-hydrogen) atoms. The molecule has 1 aromatic carbocycles. The van der Waals surface area contributed by atoms with Gasteiger partial charge in [-0.05, 0) is 66.3 Å². The van der Waals surface area contributed by atoms with Crippen LogP contribution in [0.2, 0.25) is 0 Å². The summed E-state index contributed by atoms with van der Waals surface area (Å²) in [7, 11) is -0.851.